The first-order valence-electron chi connectivity index (χ1n) is 8.08. The second-order valence-corrected chi connectivity index (χ2v) is 6.17. The molecule has 0 heterocycles. The Hall–Kier alpha value is -2.13. The average Bonchev–Trinajstić information content (AvgIpc) is 2.64. The molecule has 2 rings (SSSR count). The SMILES string of the molecule is CCC(Cl)COC(=O)CCC(=O)c1ccc(-c2ccccc2)cc1. The first-order valence-corrected chi connectivity index (χ1v) is 8.52. The Morgan fingerprint density at radius 2 is 1.58 bits per heavy atom. The molecule has 0 saturated heterocycles. The highest BCUT2D eigenvalue weighted by Crippen LogP contribution is 2.20. The van der Waals surface area contributed by atoms with E-state index in [-0.39, 0.29) is 36.6 Å². The molecular weight excluding hydrogens is 324 g/mol. The van der Waals surface area contributed by atoms with Gasteiger partial charge in [0.05, 0.1) is 11.8 Å². The standard InChI is InChI=1S/C20H21ClO3/c1-2-18(21)14-24-20(23)13-12-19(22)17-10-8-16(9-11-17)15-6-4-3-5-7-15/h3-11,18H,2,12-14H2,1H3. The largest absolute Gasteiger partial charge is 0.464 e. The van der Waals surface area contributed by atoms with Gasteiger partial charge in [0, 0.05) is 12.0 Å². The third kappa shape index (κ3) is 5.50. The van der Waals surface area contributed by atoms with Crippen LogP contribution in [-0.4, -0.2) is 23.7 Å². The van der Waals surface area contributed by atoms with Crippen molar-refractivity contribution in [1.29, 1.82) is 0 Å². The fraction of sp³-hybridized carbons (Fsp3) is 0.300. The molecule has 4 heteroatoms. The predicted octanol–water partition coefficient (Wildman–Crippen LogP) is 4.88. The molecule has 2 aromatic carbocycles. The van der Waals surface area contributed by atoms with E-state index in [0.29, 0.717) is 5.56 Å². The number of ketones is 1. The van der Waals surface area contributed by atoms with Crippen molar-refractivity contribution in [3.63, 3.8) is 0 Å². The lowest BCUT2D eigenvalue weighted by molar-refractivity contribution is -0.143. The lowest BCUT2D eigenvalue weighted by atomic mass is 10.0. The molecule has 0 aliphatic carbocycles. The summed E-state index contributed by atoms with van der Waals surface area (Å²) in [7, 11) is 0. The normalized spacial score (nSPS) is 11.8. The van der Waals surface area contributed by atoms with E-state index >= 15 is 0 Å². The zero-order valence-electron chi connectivity index (χ0n) is 13.7. The van der Waals surface area contributed by atoms with Crippen LogP contribution in [0, 0.1) is 0 Å². The first-order chi connectivity index (χ1) is 11.6. The van der Waals surface area contributed by atoms with E-state index < -0.39 is 0 Å². The number of benzene rings is 2. The highest BCUT2D eigenvalue weighted by atomic mass is 35.5. The molecule has 0 bridgehead atoms. The van der Waals surface area contributed by atoms with Crippen LogP contribution in [0.5, 0.6) is 0 Å². The molecule has 0 aliphatic heterocycles. The number of carbonyl (C=O) groups excluding carboxylic acids is 2. The molecular formula is C20H21ClO3. The van der Waals surface area contributed by atoms with Crippen molar-refractivity contribution in [3.8, 4) is 11.1 Å². The Bertz CT molecular complexity index is 665. The second-order valence-electron chi connectivity index (χ2n) is 5.56. The van der Waals surface area contributed by atoms with Gasteiger partial charge in [-0.05, 0) is 17.5 Å². The van der Waals surface area contributed by atoms with E-state index in [1.165, 1.54) is 0 Å². The van der Waals surface area contributed by atoms with E-state index in [1.807, 2.05) is 49.4 Å². The number of hydrogen-bond acceptors (Lipinski definition) is 3. The number of halogens is 1. The van der Waals surface area contributed by atoms with E-state index in [4.69, 9.17) is 16.3 Å². The van der Waals surface area contributed by atoms with Gasteiger partial charge in [0.1, 0.15) is 6.61 Å². The molecule has 0 N–H and O–H groups in total. The number of alkyl halides is 1. The molecule has 0 aliphatic rings. The molecule has 0 fully saturated rings. The minimum atomic E-state index is -0.386. The van der Waals surface area contributed by atoms with E-state index in [0.717, 1.165) is 17.5 Å². The maximum absolute atomic E-state index is 12.2. The van der Waals surface area contributed by atoms with Crippen LogP contribution in [0.4, 0.5) is 0 Å². The maximum atomic E-state index is 12.2. The summed E-state index contributed by atoms with van der Waals surface area (Å²) in [6.45, 7) is 2.12. The molecule has 1 atom stereocenters. The van der Waals surface area contributed by atoms with Gasteiger partial charge in [-0.15, -0.1) is 11.6 Å². The maximum Gasteiger partial charge on any atom is 0.306 e. The Morgan fingerprint density at radius 1 is 0.958 bits per heavy atom. The van der Waals surface area contributed by atoms with Crippen LogP contribution in [0.2, 0.25) is 0 Å². The molecule has 0 radical (unpaired) electrons. The van der Waals surface area contributed by atoms with Gasteiger partial charge in [-0.25, -0.2) is 0 Å². The topological polar surface area (TPSA) is 43.4 Å². The summed E-state index contributed by atoms with van der Waals surface area (Å²) in [4.78, 5) is 23.8. The summed E-state index contributed by atoms with van der Waals surface area (Å²) in [6.07, 6.45) is 0.955. The van der Waals surface area contributed by atoms with Gasteiger partial charge in [-0.3, -0.25) is 9.59 Å². The third-order valence-electron chi connectivity index (χ3n) is 3.74. The van der Waals surface area contributed by atoms with Crippen molar-refractivity contribution < 1.29 is 14.3 Å². The Balaban J connectivity index is 1.86. The van der Waals surface area contributed by atoms with Gasteiger partial charge in [0.2, 0.25) is 0 Å². The Morgan fingerprint density at radius 3 is 2.21 bits per heavy atom. The van der Waals surface area contributed by atoms with Crippen molar-refractivity contribution in [1.82, 2.24) is 0 Å². The zero-order chi connectivity index (χ0) is 17.4. The molecule has 0 saturated carbocycles. The van der Waals surface area contributed by atoms with Crippen molar-refractivity contribution in [3.05, 3.63) is 60.2 Å². The second kappa shape index (κ2) is 9.24. The van der Waals surface area contributed by atoms with Crippen LogP contribution in [0.25, 0.3) is 11.1 Å². The van der Waals surface area contributed by atoms with Crippen LogP contribution in [-0.2, 0) is 9.53 Å². The average molecular weight is 345 g/mol. The van der Waals surface area contributed by atoms with E-state index in [9.17, 15) is 9.59 Å². The summed E-state index contributed by atoms with van der Waals surface area (Å²) in [6, 6.07) is 17.4. The lowest BCUT2D eigenvalue weighted by Crippen LogP contribution is -2.14. The summed E-state index contributed by atoms with van der Waals surface area (Å²) < 4.78 is 5.03. The number of ether oxygens (including phenoxy) is 1. The molecule has 3 nitrogen and oxygen atoms in total. The molecule has 24 heavy (non-hydrogen) atoms. The van der Waals surface area contributed by atoms with Crippen LogP contribution in [0.1, 0.15) is 36.5 Å². The molecule has 2 aromatic rings. The van der Waals surface area contributed by atoms with Gasteiger partial charge < -0.3 is 4.74 Å². The fourth-order valence-corrected chi connectivity index (χ4v) is 2.28. The minimum absolute atomic E-state index is 0.0653. The van der Waals surface area contributed by atoms with Crippen molar-refractivity contribution in [2.75, 3.05) is 6.61 Å². The molecule has 0 aromatic heterocycles. The fourth-order valence-electron chi connectivity index (χ4n) is 2.21. The molecule has 0 amide bonds. The Labute approximate surface area is 147 Å². The van der Waals surface area contributed by atoms with Gasteiger partial charge in [0.25, 0.3) is 0 Å². The predicted molar refractivity (Wildman–Crippen MR) is 96.3 cm³/mol. The first kappa shape index (κ1) is 18.2. The number of esters is 1. The summed E-state index contributed by atoms with van der Waals surface area (Å²) in [5.74, 6) is -0.451. The van der Waals surface area contributed by atoms with E-state index in [2.05, 4.69) is 0 Å². The summed E-state index contributed by atoms with van der Waals surface area (Å²) >= 11 is 5.89. The number of Topliss-reactive ketones (excluding diaryl/α,β-unsaturated/α-hetero) is 1. The van der Waals surface area contributed by atoms with Gasteiger partial charge in [-0.1, -0.05) is 61.5 Å². The van der Waals surface area contributed by atoms with Crippen molar-refractivity contribution >= 4 is 23.4 Å². The zero-order valence-corrected chi connectivity index (χ0v) is 14.5. The molecule has 1 unspecified atom stereocenters. The minimum Gasteiger partial charge on any atom is -0.464 e. The molecule has 0 spiro atoms. The Kier molecular flexibility index (Phi) is 7.01. The summed E-state index contributed by atoms with van der Waals surface area (Å²) in [5.41, 5.74) is 2.76. The highest BCUT2D eigenvalue weighted by molar-refractivity contribution is 6.20. The number of rotatable bonds is 8. The van der Waals surface area contributed by atoms with Gasteiger partial charge >= 0.3 is 5.97 Å². The quantitative estimate of drug-likeness (QED) is 0.389. The number of carbonyl (C=O) groups is 2. The van der Waals surface area contributed by atoms with Gasteiger partial charge in [-0.2, -0.15) is 0 Å². The third-order valence-corrected chi connectivity index (χ3v) is 4.17. The van der Waals surface area contributed by atoms with Crippen molar-refractivity contribution in [2.45, 2.75) is 31.6 Å². The van der Waals surface area contributed by atoms with Gasteiger partial charge in [0.15, 0.2) is 5.78 Å². The highest BCUT2D eigenvalue weighted by Gasteiger charge is 2.12. The molecule has 126 valence electrons. The van der Waals surface area contributed by atoms with Crippen LogP contribution in [0.3, 0.4) is 0 Å². The van der Waals surface area contributed by atoms with E-state index in [1.54, 1.807) is 12.1 Å². The smallest absolute Gasteiger partial charge is 0.306 e. The van der Waals surface area contributed by atoms with Crippen LogP contribution < -0.4 is 0 Å². The summed E-state index contributed by atoms with van der Waals surface area (Å²) in [5, 5.41) is -0.171. The van der Waals surface area contributed by atoms with Crippen molar-refractivity contribution in [2.24, 2.45) is 0 Å². The van der Waals surface area contributed by atoms with Crippen LogP contribution in [0.15, 0.2) is 54.6 Å². The number of hydrogen-bond donors (Lipinski definition) is 0. The van der Waals surface area contributed by atoms with Crippen LogP contribution >= 0.6 is 11.6 Å². The monoisotopic (exact) mass is 344 g/mol. The lowest BCUT2D eigenvalue weighted by Gasteiger charge is -2.08.